The summed E-state index contributed by atoms with van der Waals surface area (Å²) in [4.78, 5) is 8.25. The highest BCUT2D eigenvalue weighted by atomic mass is 35.5. The van der Waals surface area contributed by atoms with Crippen molar-refractivity contribution in [2.75, 3.05) is 11.2 Å². The second-order valence-electron chi connectivity index (χ2n) is 4.67. The van der Waals surface area contributed by atoms with E-state index >= 15 is 0 Å². The van der Waals surface area contributed by atoms with Crippen molar-refractivity contribution in [3.05, 3.63) is 42.2 Å². The summed E-state index contributed by atoms with van der Waals surface area (Å²) in [6.45, 7) is 3.93. The summed E-state index contributed by atoms with van der Waals surface area (Å²) in [7, 11) is 0. The van der Waals surface area contributed by atoms with Crippen LogP contribution in [-0.4, -0.2) is 22.0 Å². The Hall–Kier alpha value is -1.81. The number of rotatable bonds is 6. The van der Waals surface area contributed by atoms with Crippen LogP contribution in [0.25, 0.3) is 0 Å². The molecule has 0 unspecified atom stereocenters. The molecule has 1 N–H and O–H groups in total. The van der Waals surface area contributed by atoms with E-state index in [1.54, 1.807) is 6.07 Å². The lowest BCUT2D eigenvalue weighted by Gasteiger charge is -2.10. The molecule has 106 valence electrons. The van der Waals surface area contributed by atoms with Crippen molar-refractivity contribution < 1.29 is 4.74 Å². The van der Waals surface area contributed by atoms with E-state index in [2.05, 4.69) is 27.4 Å². The molecule has 2 rings (SSSR count). The lowest BCUT2D eigenvalue weighted by atomic mass is 10.1. The van der Waals surface area contributed by atoms with Gasteiger partial charge in [-0.05, 0) is 38.0 Å². The van der Waals surface area contributed by atoms with E-state index in [1.165, 1.54) is 11.9 Å². The third-order valence-corrected chi connectivity index (χ3v) is 2.80. The summed E-state index contributed by atoms with van der Waals surface area (Å²) in [5, 5.41) is 3.22. The second kappa shape index (κ2) is 7.10. The molecule has 0 amide bonds. The van der Waals surface area contributed by atoms with Crippen LogP contribution in [0.4, 0.5) is 11.5 Å². The molecule has 1 aromatic carbocycles. The molecule has 0 fully saturated rings. The van der Waals surface area contributed by atoms with Crippen LogP contribution in [0, 0.1) is 0 Å². The zero-order valence-electron chi connectivity index (χ0n) is 11.6. The topological polar surface area (TPSA) is 47.0 Å². The number of nitrogens with zero attached hydrogens (tertiary/aromatic N) is 2. The highest BCUT2D eigenvalue weighted by molar-refractivity contribution is 6.17. The quantitative estimate of drug-likeness (QED) is 0.823. The Kier molecular flexibility index (Phi) is 5.18. The maximum Gasteiger partial charge on any atom is 0.218 e. The number of aromatic nitrogens is 2. The molecular formula is C15H18ClN3O. The van der Waals surface area contributed by atoms with Crippen LogP contribution in [0.3, 0.4) is 0 Å². The van der Waals surface area contributed by atoms with Crippen molar-refractivity contribution >= 4 is 23.1 Å². The molecule has 0 spiro atoms. The van der Waals surface area contributed by atoms with Gasteiger partial charge in [0.2, 0.25) is 5.88 Å². The molecule has 0 aliphatic rings. The smallest absolute Gasteiger partial charge is 0.218 e. The molecule has 0 atom stereocenters. The maximum absolute atomic E-state index is 5.72. The lowest BCUT2D eigenvalue weighted by molar-refractivity contribution is 0.232. The van der Waals surface area contributed by atoms with Crippen LogP contribution in [0.2, 0.25) is 0 Å². The summed E-state index contributed by atoms with van der Waals surface area (Å²) >= 11 is 5.72. The van der Waals surface area contributed by atoms with Gasteiger partial charge in [-0.2, -0.15) is 0 Å². The number of hydrogen-bond donors (Lipinski definition) is 1. The molecule has 20 heavy (non-hydrogen) atoms. The van der Waals surface area contributed by atoms with Crippen molar-refractivity contribution in [3.63, 3.8) is 0 Å². The van der Waals surface area contributed by atoms with Crippen molar-refractivity contribution in [1.29, 1.82) is 0 Å². The number of nitrogens with one attached hydrogen (secondary N) is 1. The molecule has 0 bridgehead atoms. The van der Waals surface area contributed by atoms with Gasteiger partial charge in [0.1, 0.15) is 12.1 Å². The van der Waals surface area contributed by atoms with Crippen LogP contribution >= 0.6 is 11.6 Å². The molecule has 0 aliphatic heterocycles. The number of hydrogen-bond acceptors (Lipinski definition) is 4. The maximum atomic E-state index is 5.72. The van der Waals surface area contributed by atoms with Crippen molar-refractivity contribution in [2.45, 2.75) is 26.4 Å². The monoisotopic (exact) mass is 291 g/mol. The van der Waals surface area contributed by atoms with Crippen LogP contribution in [0.15, 0.2) is 36.7 Å². The fourth-order valence-corrected chi connectivity index (χ4v) is 1.94. The Morgan fingerprint density at radius 1 is 1.20 bits per heavy atom. The number of alkyl halides is 1. The van der Waals surface area contributed by atoms with Crippen molar-refractivity contribution in [1.82, 2.24) is 9.97 Å². The minimum absolute atomic E-state index is 0.0904. The van der Waals surface area contributed by atoms with E-state index in [0.29, 0.717) is 17.6 Å². The minimum Gasteiger partial charge on any atom is -0.475 e. The SMILES string of the molecule is CC(C)Oc1cc(Nc2ccc(CCCl)cc2)ncn1. The Bertz CT molecular complexity index is 543. The molecule has 0 aliphatic carbocycles. The van der Waals surface area contributed by atoms with Gasteiger partial charge in [-0.15, -0.1) is 11.6 Å². The van der Waals surface area contributed by atoms with Crippen molar-refractivity contribution in [2.24, 2.45) is 0 Å². The molecule has 0 radical (unpaired) electrons. The van der Waals surface area contributed by atoms with E-state index < -0.39 is 0 Å². The van der Waals surface area contributed by atoms with Gasteiger partial charge in [0.15, 0.2) is 0 Å². The predicted molar refractivity (Wildman–Crippen MR) is 81.9 cm³/mol. The Morgan fingerprint density at radius 2 is 1.95 bits per heavy atom. The first-order valence-corrected chi connectivity index (χ1v) is 7.11. The molecular weight excluding hydrogens is 274 g/mol. The zero-order valence-corrected chi connectivity index (χ0v) is 12.4. The largest absolute Gasteiger partial charge is 0.475 e. The predicted octanol–water partition coefficient (Wildman–Crippen LogP) is 3.79. The Morgan fingerprint density at radius 3 is 2.60 bits per heavy atom. The van der Waals surface area contributed by atoms with Crippen molar-refractivity contribution in [3.8, 4) is 5.88 Å². The van der Waals surface area contributed by atoms with E-state index in [-0.39, 0.29) is 6.10 Å². The van der Waals surface area contributed by atoms with Gasteiger partial charge in [-0.25, -0.2) is 9.97 Å². The van der Waals surface area contributed by atoms with Gasteiger partial charge in [0.25, 0.3) is 0 Å². The highest BCUT2D eigenvalue weighted by Gasteiger charge is 2.02. The Labute approximate surface area is 124 Å². The third kappa shape index (κ3) is 4.38. The van der Waals surface area contributed by atoms with E-state index in [9.17, 15) is 0 Å². The van der Waals surface area contributed by atoms with Gasteiger partial charge >= 0.3 is 0 Å². The fourth-order valence-electron chi connectivity index (χ4n) is 1.73. The number of anilines is 2. The molecule has 5 heteroatoms. The summed E-state index contributed by atoms with van der Waals surface area (Å²) in [5.41, 5.74) is 2.19. The van der Waals surface area contributed by atoms with Crippen LogP contribution in [-0.2, 0) is 6.42 Å². The second-order valence-corrected chi connectivity index (χ2v) is 5.05. The van der Waals surface area contributed by atoms with Crippen LogP contribution in [0.5, 0.6) is 5.88 Å². The molecule has 2 aromatic rings. The van der Waals surface area contributed by atoms with E-state index in [0.717, 1.165) is 12.1 Å². The van der Waals surface area contributed by atoms with Gasteiger partial charge in [0, 0.05) is 17.6 Å². The van der Waals surface area contributed by atoms with Gasteiger partial charge in [-0.1, -0.05) is 12.1 Å². The first kappa shape index (κ1) is 14.6. The average molecular weight is 292 g/mol. The standard InChI is InChI=1S/C15H18ClN3O/c1-11(2)20-15-9-14(17-10-18-15)19-13-5-3-12(4-6-13)7-8-16/h3-6,9-11H,7-8H2,1-2H3,(H,17,18,19). The summed E-state index contributed by atoms with van der Waals surface area (Å²) in [6, 6.07) is 9.90. The lowest BCUT2D eigenvalue weighted by Crippen LogP contribution is -2.07. The minimum atomic E-state index is 0.0904. The van der Waals surface area contributed by atoms with E-state index in [1.807, 2.05) is 26.0 Å². The highest BCUT2D eigenvalue weighted by Crippen LogP contribution is 2.18. The number of ether oxygens (including phenoxy) is 1. The first-order valence-electron chi connectivity index (χ1n) is 6.58. The van der Waals surface area contributed by atoms with E-state index in [4.69, 9.17) is 16.3 Å². The molecule has 1 heterocycles. The first-order chi connectivity index (χ1) is 9.67. The molecule has 4 nitrogen and oxygen atoms in total. The zero-order chi connectivity index (χ0) is 14.4. The molecule has 1 aromatic heterocycles. The van der Waals surface area contributed by atoms with Crippen LogP contribution < -0.4 is 10.1 Å². The summed E-state index contributed by atoms with van der Waals surface area (Å²) < 4.78 is 5.54. The number of benzene rings is 1. The Balaban J connectivity index is 2.05. The molecule has 0 saturated carbocycles. The number of halogens is 1. The average Bonchev–Trinajstić information content (AvgIpc) is 2.41. The fraction of sp³-hybridized carbons (Fsp3) is 0.333. The normalized spacial score (nSPS) is 10.6. The number of aryl methyl sites for hydroxylation is 1. The summed E-state index contributed by atoms with van der Waals surface area (Å²) in [6.07, 6.45) is 2.46. The van der Waals surface area contributed by atoms with Gasteiger partial charge in [0.05, 0.1) is 6.10 Å². The third-order valence-electron chi connectivity index (χ3n) is 2.61. The molecule has 0 saturated heterocycles. The van der Waals surface area contributed by atoms with Gasteiger partial charge in [-0.3, -0.25) is 0 Å². The van der Waals surface area contributed by atoms with Crippen LogP contribution in [0.1, 0.15) is 19.4 Å². The van der Waals surface area contributed by atoms with Gasteiger partial charge < -0.3 is 10.1 Å². The summed E-state index contributed by atoms with van der Waals surface area (Å²) in [5.74, 6) is 1.91.